The molecule has 1 heterocycles. The topological polar surface area (TPSA) is 47.2 Å². The second-order valence-electron chi connectivity index (χ2n) is 4.20. The predicted molar refractivity (Wildman–Crippen MR) is 67.0 cm³/mol. The van der Waals surface area contributed by atoms with Crippen LogP contribution in [0.15, 0.2) is 29.2 Å². The second kappa shape index (κ2) is 4.49. The molecule has 0 amide bonds. The first-order chi connectivity index (χ1) is 8.41. The van der Waals surface area contributed by atoms with Gasteiger partial charge in [0.15, 0.2) is 0 Å². The quantitative estimate of drug-likeness (QED) is 0.912. The van der Waals surface area contributed by atoms with E-state index in [0.717, 1.165) is 10.6 Å². The summed E-state index contributed by atoms with van der Waals surface area (Å²) >= 11 is 5.64. The van der Waals surface area contributed by atoms with Gasteiger partial charge in [-0.2, -0.15) is 0 Å². The Morgan fingerprint density at radius 1 is 1.39 bits per heavy atom. The summed E-state index contributed by atoms with van der Waals surface area (Å²) in [7, 11) is 0. The standard InChI is InChI=1S/C12H12ClFN2O2/c1-7(2)15-6-11(17)16(12(15)18)10-4-3-8(13)5-9(10)14/h3-7,17H,1-2H3. The summed E-state index contributed by atoms with van der Waals surface area (Å²) < 4.78 is 16.0. The van der Waals surface area contributed by atoms with E-state index in [2.05, 4.69) is 0 Å². The molecule has 1 aromatic heterocycles. The third-order valence-corrected chi connectivity index (χ3v) is 2.84. The van der Waals surface area contributed by atoms with Crippen LogP contribution >= 0.6 is 11.6 Å². The summed E-state index contributed by atoms with van der Waals surface area (Å²) in [6.45, 7) is 3.59. The highest BCUT2D eigenvalue weighted by Crippen LogP contribution is 2.21. The van der Waals surface area contributed by atoms with Gasteiger partial charge in [-0.3, -0.25) is 4.57 Å². The van der Waals surface area contributed by atoms with Crippen molar-refractivity contribution in [3.8, 4) is 11.6 Å². The molecule has 4 nitrogen and oxygen atoms in total. The van der Waals surface area contributed by atoms with Crippen LogP contribution in [0.4, 0.5) is 4.39 Å². The first-order valence-electron chi connectivity index (χ1n) is 5.40. The van der Waals surface area contributed by atoms with Crippen LogP contribution in [0.5, 0.6) is 5.88 Å². The molecule has 2 rings (SSSR count). The minimum absolute atomic E-state index is 0.0266. The molecule has 0 radical (unpaired) electrons. The number of halogens is 2. The molecule has 0 aliphatic rings. The van der Waals surface area contributed by atoms with Crippen molar-refractivity contribution in [1.29, 1.82) is 0 Å². The number of rotatable bonds is 2. The highest BCUT2D eigenvalue weighted by Gasteiger charge is 2.16. The molecule has 0 spiro atoms. The van der Waals surface area contributed by atoms with Crippen LogP contribution in [0.3, 0.4) is 0 Å². The highest BCUT2D eigenvalue weighted by molar-refractivity contribution is 6.30. The van der Waals surface area contributed by atoms with E-state index in [1.54, 1.807) is 13.8 Å². The van der Waals surface area contributed by atoms with E-state index in [9.17, 15) is 14.3 Å². The minimum atomic E-state index is -0.665. The third kappa shape index (κ3) is 2.01. The first kappa shape index (κ1) is 12.7. The van der Waals surface area contributed by atoms with Crippen LogP contribution in [-0.4, -0.2) is 14.2 Å². The molecule has 0 atom stereocenters. The van der Waals surface area contributed by atoms with E-state index in [4.69, 9.17) is 11.6 Å². The molecule has 18 heavy (non-hydrogen) atoms. The fourth-order valence-corrected chi connectivity index (χ4v) is 1.87. The summed E-state index contributed by atoms with van der Waals surface area (Å²) in [5.41, 5.74) is -0.523. The van der Waals surface area contributed by atoms with E-state index in [1.807, 2.05) is 0 Å². The average Bonchev–Trinajstić information content (AvgIpc) is 2.56. The van der Waals surface area contributed by atoms with Crippen molar-refractivity contribution in [3.05, 3.63) is 45.7 Å². The Morgan fingerprint density at radius 3 is 2.56 bits per heavy atom. The van der Waals surface area contributed by atoms with E-state index in [-0.39, 0.29) is 22.6 Å². The number of hydrogen-bond donors (Lipinski definition) is 1. The van der Waals surface area contributed by atoms with Crippen molar-refractivity contribution in [2.45, 2.75) is 19.9 Å². The molecule has 1 aromatic carbocycles. The van der Waals surface area contributed by atoms with E-state index in [0.29, 0.717) is 0 Å². The lowest BCUT2D eigenvalue weighted by Crippen LogP contribution is -2.24. The zero-order chi connectivity index (χ0) is 13.4. The van der Waals surface area contributed by atoms with Crippen molar-refractivity contribution >= 4 is 11.6 Å². The number of imidazole rings is 1. The van der Waals surface area contributed by atoms with Gasteiger partial charge in [0.05, 0.1) is 11.9 Å². The molecular formula is C12H12ClFN2O2. The van der Waals surface area contributed by atoms with Crippen molar-refractivity contribution in [2.24, 2.45) is 0 Å². The number of hydrogen-bond acceptors (Lipinski definition) is 2. The predicted octanol–water partition coefficient (Wildman–Crippen LogP) is 2.72. The van der Waals surface area contributed by atoms with Gasteiger partial charge >= 0.3 is 5.69 Å². The molecule has 0 aliphatic heterocycles. The molecule has 0 saturated heterocycles. The van der Waals surface area contributed by atoms with Crippen LogP contribution in [-0.2, 0) is 0 Å². The minimum Gasteiger partial charge on any atom is -0.493 e. The normalized spacial score (nSPS) is 11.2. The first-order valence-corrected chi connectivity index (χ1v) is 5.78. The molecule has 2 aromatic rings. The zero-order valence-electron chi connectivity index (χ0n) is 9.89. The van der Waals surface area contributed by atoms with Gasteiger partial charge in [-0.1, -0.05) is 11.6 Å². The maximum Gasteiger partial charge on any atom is 0.336 e. The van der Waals surface area contributed by atoms with Gasteiger partial charge in [-0.25, -0.2) is 13.8 Å². The van der Waals surface area contributed by atoms with Gasteiger partial charge in [0.2, 0.25) is 5.88 Å². The van der Waals surface area contributed by atoms with Crippen molar-refractivity contribution in [2.75, 3.05) is 0 Å². The Morgan fingerprint density at radius 2 is 2.06 bits per heavy atom. The summed E-state index contributed by atoms with van der Waals surface area (Å²) in [4.78, 5) is 12.0. The molecular weight excluding hydrogens is 259 g/mol. The maximum atomic E-state index is 13.7. The lowest BCUT2D eigenvalue weighted by atomic mass is 10.3. The van der Waals surface area contributed by atoms with Gasteiger partial charge in [-0.15, -0.1) is 0 Å². The van der Waals surface area contributed by atoms with Crippen molar-refractivity contribution < 1.29 is 9.50 Å². The van der Waals surface area contributed by atoms with Gasteiger partial charge in [0.1, 0.15) is 5.82 Å². The SMILES string of the molecule is CC(C)n1cc(O)n(-c2ccc(Cl)cc2F)c1=O. The third-order valence-electron chi connectivity index (χ3n) is 2.60. The Hall–Kier alpha value is -1.75. The second-order valence-corrected chi connectivity index (χ2v) is 4.64. The van der Waals surface area contributed by atoms with Crippen LogP contribution in [0.2, 0.25) is 5.02 Å². The number of benzene rings is 1. The van der Waals surface area contributed by atoms with Crippen molar-refractivity contribution in [1.82, 2.24) is 9.13 Å². The van der Waals surface area contributed by atoms with Gasteiger partial charge in [-0.05, 0) is 32.0 Å². The zero-order valence-corrected chi connectivity index (χ0v) is 10.6. The molecule has 96 valence electrons. The molecule has 0 fully saturated rings. The molecule has 6 heteroatoms. The summed E-state index contributed by atoms with van der Waals surface area (Å²) in [5, 5.41) is 9.98. The van der Waals surface area contributed by atoms with Gasteiger partial charge in [0, 0.05) is 11.1 Å². The Bertz CT molecular complexity index is 646. The fourth-order valence-electron chi connectivity index (χ4n) is 1.71. The lowest BCUT2D eigenvalue weighted by Gasteiger charge is -2.06. The number of aromatic nitrogens is 2. The van der Waals surface area contributed by atoms with E-state index < -0.39 is 11.5 Å². The molecule has 0 aliphatic carbocycles. The summed E-state index contributed by atoms with van der Waals surface area (Å²) in [6.07, 6.45) is 1.28. The largest absolute Gasteiger partial charge is 0.493 e. The lowest BCUT2D eigenvalue weighted by molar-refractivity contribution is 0.437. The Balaban J connectivity index is 2.68. The molecule has 0 unspecified atom stereocenters. The average molecular weight is 271 g/mol. The summed E-state index contributed by atoms with van der Waals surface area (Å²) in [6, 6.07) is 3.78. The smallest absolute Gasteiger partial charge is 0.336 e. The molecule has 0 saturated carbocycles. The number of nitrogens with zero attached hydrogens (tertiary/aromatic N) is 2. The van der Waals surface area contributed by atoms with Crippen LogP contribution in [0.25, 0.3) is 5.69 Å². The van der Waals surface area contributed by atoms with Crippen molar-refractivity contribution in [3.63, 3.8) is 0 Å². The van der Waals surface area contributed by atoms with Crippen LogP contribution in [0.1, 0.15) is 19.9 Å². The monoisotopic (exact) mass is 270 g/mol. The van der Waals surface area contributed by atoms with E-state index in [1.165, 1.54) is 22.9 Å². The molecule has 1 N–H and O–H groups in total. The van der Waals surface area contributed by atoms with Crippen LogP contribution in [0, 0.1) is 5.82 Å². The maximum absolute atomic E-state index is 13.7. The van der Waals surface area contributed by atoms with E-state index >= 15 is 0 Å². The number of aromatic hydroxyl groups is 1. The molecule has 0 bridgehead atoms. The van der Waals surface area contributed by atoms with Crippen LogP contribution < -0.4 is 5.69 Å². The van der Waals surface area contributed by atoms with Gasteiger partial charge in [0.25, 0.3) is 0 Å². The van der Waals surface area contributed by atoms with Gasteiger partial charge < -0.3 is 5.11 Å². The summed E-state index contributed by atoms with van der Waals surface area (Å²) in [5.74, 6) is -0.976. The fraction of sp³-hybridized carbons (Fsp3) is 0.250. The highest BCUT2D eigenvalue weighted by atomic mass is 35.5. The Labute approximate surface area is 108 Å². The Kier molecular flexibility index (Phi) is 3.17.